The Hall–Kier alpha value is -1.46. The van der Waals surface area contributed by atoms with Gasteiger partial charge in [0.1, 0.15) is 12.0 Å². The van der Waals surface area contributed by atoms with Crippen LogP contribution < -0.4 is 4.72 Å². The number of rotatable bonds is 7. The SMILES string of the molecule is C=CC[C@@H](C=O)NSc1ccccc1N=O. The highest BCUT2D eigenvalue weighted by Gasteiger charge is 2.07. The smallest absolute Gasteiger partial charge is 0.138 e. The first kappa shape index (κ1) is 12.6. The third kappa shape index (κ3) is 3.60. The maximum Gasteiger partial charge on any atom is 0.138 e. The maximum absolute atomic E-state index is 10.7. The van der Waals surface area contributed by atoms with E-state index in [1.807, 2.05) is 6.07 Å². The molecule has 0 aliphatic rings. The number of nitrogens with one attached hydrogen (secondary N) is 1. The standard InChI is InChI=1S/C11H12N2O2S/c1-2-5-9(8-14)13-16-11-7-4-3-6-10(11)12-15/h2-4,6-9,13H,1,5H2/t9-/m0/s1. The minimum absolute atomic E-state index is 0.304. The van der Waals surface area contributed by atoms with Gasteiger partial charge in [-0.3, -0.25) is 0 Å². The molecule has 1 N–H and O–H groups in total. The van der Waals surface area contributed by atoms with Gasteiger partial charge in [0.05, 0.1) is 10.9 Å². The lowest BCUT2D eigenvalue weighted by Crippen LogP contribution is -2.23. The zero-order valence-corrected chi connectivity index (χ0v) is 9.44. The zero-order valence-electron chi connectivity index (χ0n) is 8.63. The Morgan fingerprint density at radius 2 is 2.25 bits per heavy atom. The monoisotopic (exact) mass is 236 g/mol. The number of hydrogen-bond acceptors (Lipinski definition) is 5. The van der Waals surface area contributed by atoms with E-state index in [2.05, 4.69) is 16.5 Å². The fourth-order valence-electron chi connectivity index (χ4n) is 1.07. The van der Waals surface area contributed by atoms with Gasteiger partial charge in [-0.05, 0) is 35.7 Å². The molecule has 0 amide bonds. The molecule has 5 heteroatoms. The van der Waals surface area contributed by atoms with Gasteiger partial charge in [0.2, 0.25) is 0 Å². The molecule has 1 aromatic rings. The first-order chi connectivity index (χ1) is 7.81. The molecule has 0 bridgehead atoms. The first-order valence-corrected chi connectivity index (χ1v) is 5.54. The van der Waals surface area contributed by atoms with Gasteiger partial charge in [-0.2, -0.15) is 0 Å². The fourth-order valence-corrected chi connectivity index (χ4v) is 1.86. The van der Waals surface area contributed by atoms with Crippen LogP contribution >= 0.6 is 11.9 Å². The third-order valence-corrected chi connectivity index (χ3v) is 2.85. The summed E-state index contributed by atoms with van der Waals surface area (Å²) in [6, 6.07) is 6.64. The first-order valence-electron chi connectivity index (χ1n) is 4.72. The Bertz CT molecular complexity index is 382. The Morgan fingerprint density at radius 1 is 1.50 bits per heavy atom. The molecule has 1 rings (SSSR count). The number of benzene rings is 1. The van der Waals surface area contributed by atoms with Crippen molar-refractivity contribution in [3.63, 3.8) is 0 Å². The summed E-state index contributed by atoms with van der Waals surface area (Å²) in [6.45, 7) is 3.56. The Morgan fingerprint density at radius 3 is 2.88 bits per heavy atom. The summed E-state index contributed by atoms with van der Waals surface area (Å²) >= 11 is 1.22. The van der Waals surface area contributed by atoms with Gasteiger partial charge in [-0.25, -0.2) is 4.72 Å². The average molecular weight is 236 g/mol. The summed E-state index contributed by atoms with van der Waals surface area (Å²) < 4.78 is 2.94. The molecule has 0 saturated carbocycles. The summed E-state index contributed by atoms with van der Waals surface area (Å²) in [6.07, 6.45) is 3.02. The normalized spacial score (nSPS) is 11.8. The van der Waals surface area contributed by atoms with E-state index in [9.17, 15) is 9.70 Å². The van der Waals surface area contributed by atoms with Crippen LogP contribution in [0, 0.1) is 4.91 Å². The maximum atomic E-state index is 10.7. The largest absolute Gasteiger partial charge is 0.302 e. The van der Waals surface area contributed by atoms with E-state index in [1.165, 1.54) is 11.9 Å². The van der Waals surface area contributed by atoms with Gasteiger partial charge < -0.3 is 4.79 Å². The van der Waals surface area contributed by atoms with Crippen LogP contribution in [-0.2, 0) is 4.79 Å². The highest BCUT2D eigenvalue weighted by Crippen LogP contribution is 2.27. The van der Waals surface area contributed by atoms with E-state index in [4.69, 9.17) is 0 Å². The van der Waals surface area contributed by atoms with Crippen LogP contribution in [0.4, 0.5) is 5.69 Å². The molecule has 0 unspecified atom stereocenters. The van der Waals surface area contributed by atoms with E-state index in [1.54, 1.807) is 24.3 Å². The summed E-state index contributed by atoms with van der Waals surface area (Å²) in [5.41, 5.74) is 0.364. The van der Waals surface area contributed by atoms with E-state index < -0.39 is 0 Å². The molecule has 0 aliphatic heterocycles. The minimum atomic E-state index is -0.304. The van der Waals surface area contributed by atoms with E-state index >= 15 is 0 Å². The molecule has 0 aromatic heterocycles. The molecule has 0 fully saturated rings. The van der Waals surface area contributed by atoms with Crippen molar-refractivity contribution in [1.29, 1.82) is 0 Å². The summed E-state index contributed by atoms with van der Waals surface area (Å²) in [7, 11) is 0. The van der Waals surface area contributed by atoms with Crippen molar-refractivity contribution in [2.24, 2.45) is 5.18 Å². The molecular formula is C11H12N2O2S. The second-order valence-electron chi connectivity index (χ2n) is 3.05. The molecule has 0 aliphatic carbocycles. The van der Waals surface area contributed by atoms with Crippen LogP contribution in [0.5, 0.6) is 0 Å². The van der Waals surface area contributed by atoms with E-state index in [-0.39, 0.29) is 6.04 Å². The predicted molar refractivity (Wildman–Crippen MR) is 65.6 cm³/mol. The number of carbonyl (C=O) groups excluding carboxylic acids is 1. The van der Waals surface area contributed by atoms with Crippen LogP contribution in [0.25, 0.3) is 0 Å². The van der Waals surface area contributed by atoms with Crippen LogP contribution in [0.15, 0.2) is 47.0 Å². The van der Waals surface area contributed by atoms with Crippen LogP contribution in [0.1, 0.15) is 6.42 Å². The minimum Gasteiger partial charge on any atom is -0.302 e. The summed E-state index contributed by atoms with van der Waals surface area (Å²) in [5.74, 6) is 0. The van der Waals surface area contributed by atoms with Crippen molar-refractivity contribution in [3.8, 4) is 0 Å². The fraction of sp³-hybridized carbons (Fsp3) is 0.182. The quantitative estimate of drug-likeness (QED) is 0.342. The van der Waals surface area contributed by atoms with Gasteiger partial charge in [0.15, 0.2) is 0 Å². The molecule has 4 nitrogen and oxygen atoms in total. The van der Waals surface area contributed by atoms with Crippen LogP contribution in [-0.4, -0.2) is 12.3 Å². The molecule has 1 aromatic carbocycles. The Kier molecular flexibility index (Phi) is 5.45. The second kappa shape index (κ2) is 6.92. The predicted octanol–water partition coefficient (Wildman–Crippen LogP) is 2.82. The molecule has 84 valence electrons. The number of carbonyl (C=O) groups is 1. The Labute approximate surface area is 98.2 Å². The summed E-state index contributed by atoms with van der Waals surface area (Å²) in [5, 5.41) is 2.90. The van der Waals surface area contributed by atoms with Gasteiger partial charge in [0, 0.05) is 0 Å². The van der Waals surface area contributed by atoms with Gasteiger partial charge in [-0.15, -0.1) is 11.5 Å². The molecule has 0 radical (unpaired) electrons. The van der Waals surface area contributed by atoms with Crippen molar-refractivity contribution in [2.45, 2.75) is 17.4 Å². The molecule has 0 spiro atoms. The zero-order chi connectivity index (χ0) is 11.8. The van der Waals surface area contributed by atoms with E-state index in [0.717, 1.165) is 6.29 Å². The van der Waals surface area contributed by atoms with Crippen molar-refractivity contribution in [2.75, 3.05) is 0 Å². The molecule has 16 heavy (non-hydrogen) atoms. The lowest BCUT2D eigenvalue weighted by atomic mass is 10.2. The molecular weight excluding hydrogens is 224 g/mol. The topological polar surface area (TPSA) is 58.5 Å². The number of hydrogen-bond donors (Lipinski definition) is 1. The van der Waals surface area contributed by atoms with E-state index in [0.29, 0.717) is 17.0 Å². The molecule has 0 saturated heterocycles. The van der Waals surface area contributed by atoms with Crippen molar-refractivity contribution in [1.82, 2.24) is 4.72 Å². The highest BCUT2D eigenvalue weighted by molar-refractivity contribution is 7.97. The van der Waals surface area contributed by atoms with Gasteiger partial charge >= 0.3 is 0 Å². The van der Waals surface area contributed by atoms with Crippen LogP contribution in [0.2, 0.25) is 0 Å². The van der Waals surface area contributed by atoms with Crippen LogP contribution in [0.3, 0.4) is 0 Å². The lowest BCUT2D eigenvalue weighted by Gasteiger charge is -2.09. The number of nitrogens with zero attached hydrogens (tertiary/aromatic N) is 1. The Balaban J connectivity index is 2.62. The average Bonchev–Trinajstić information content (AvgIpc) is 2.34. The molecule has 0 heterocycles. The number of nitroso groups, excluding NO2 is 1. The lowest BCUT2D eigenvalue weighted by molar-refractivity contribution is -0.109. The van der Waals surface area contributed by atoms with Crippen molar-refractivity contribution >= 4 is 23.9 Å². The number of aldehydes is 1. The van der Waals surface area contributed by atoms with Crippen molar-refractivity contribution < 1.29 is 4.79 Å². The third-order valence-electron chi connectivity index (χ3n) is 1.87. The van der Waals surface area contributed by atoms with Gasteiger partial charge in [0.25, 0.3) is 0 Å². The van der Waals surface area contributed by atoms with Gasteiger partial charge in [-0.1, -0.05) is 18.2 Å². The highest BCUT2D eigenvalue weighted by atomic mass is 32.2. The molecule has 1 atom stereocenters. The van der Waals surface area contributed by atoms with Crippen molar-refractivity contribution in [3.05, 3.63) is 41.8 Å². The summed E-state index contributed by atoms with van der Waals surface area (Å²) in [4.78, 5) is 21.9. The second-order valence-corrected chi connectivity index (χ2v) is 3.93.